The van der Waals surface area contributed by atoms with Crippen LogP contribution in [-0.2, 0) is 14.4 Å². The molecule has 134 valence electrons. The molecule has 0 unspecified atom stereocenters. The highest BCUT2D eigenvalue weighted by Crippen LogP contribution is 2.33. The van der Waals surface area contributed by atoms with Gasteiger partial charge in [-0.15, -0.1) is 0 Å². The fourth-order valence-corrected chi connectivity index (χ4v) is 2.78. The summed E-state index contributed by atoms with van der Waals surface area (Å²) >= 11 is 0. The highest BCUT2D eigenvalue weighted by molar-refractivity contribution is 6.43. The van der Waals surface area contributed by atoms with Gasteiger partial charge in [0.25, 0.3) is 0 Å². The summed E-state index contributed by atoms with van der Waals surface area (Å²) in [5.74, 6) is -1.06. The molecule has 7 heteroatoms. The normalized spacial score (nSPS) is 13.4. The van der Waals surface area contributed by atoms with Gasteiger partial charge in [-0.1, -0.05) is 18.2 Å². The van der Waals surface area contributed by atoms with Crippen LogP contribution in [0.1, 0.15) is 12.8 Å². The van der Waals surface area contributed by atoms with E-state index in [0.717, 1.165) is 6.42 Å². The summed E-state index contributed by atoms with van der Waals surface area (Å²) in [5, 5.41) is 5.05. The number of benzene rings is 2. The number of hydrogen-bond donors (Lipinski definition) is 2. The molecule has 0 spiro atoms. The maximum Gasteiger partial charge on any atom is 0.314 e. The number of nitrogens with one attached hydrogen (secondary N) is 2. The van der Waals surface area contributed by atoms with E-state index in [1.165, 1.54) is 7.11 Å². The molecule has 2 aromatic rings. The second-order valence-corrected chi connectivity index (χ2v) is 5.81. The van der Waals surface area contributed by atoms with Crippen LogP contribution in [0.2, 0.25) is 0 Å². The van der Waals surface area contributed by atoms with Crippen LogP contribution in [0.4, 0.5) is 17.1 Å². The lowest BCUT2D eigenvalue weighted by atomic mass is 10.2. The first-order chi connectivity index (χ1) is 12.6. The van der Waals surface area contributed by atoms with Crippen LogP contribution in [0.3, 0.4) is 0 Å². The Morgan fingerprint density at radius 2 is 1.69 bits per heavy atom. The lowest BCUT2D eigenvalue weighted by Gasteiger charge is -2.19. The fourth-order valence-electron chi connectivity index (χ4n) is 2.78. The summed E-state index contributed by atoms with van der Waals surface area (Å²) in [6.45, 7) is 0.639. The van der Waals surface area contributed by atoms with Crippen molar-refractivity contribution in [1.82, 2.24) is 0 Å². The first-order valence-electron chi connectivity index (χ1n) is 8.24. The quantitative estimate of drug-likeness (QED) is 0.826. The highest BCUT2D eigenvalue weighted by atomic mass is 16.5. The number of amides is 3. The molecule has 2 N–H and O–H groups in total. The molecule has 1 aliphatic heterocycles. The third-order valence-electron chi connectivity index (χ3n) is 4.04. The Balaban J connectivity index is 1.70. The zero-order chi connectivity index (χ0) is 18.5. The monoisotopic (exact) mass is 353 g/mol. The molecule has 3 rings (SSSR count). The molecule has 2 aromatic carbocycles. The van der Waals surface area contributed by atoms with Gasteiger partial charge in [0.2, 0.25) is 5.91 Å². The molecule has 1 fully saturated rings. The Morgan fingerprint density at radius 3 is 2.31 bits per heavy atom. The Hall–Kier alpha value is -3.35. The van der Waals surface area contributed by atoms with E-state index in [1.54, 1.807) is 47.4 Å². The second-order valence-electron chi connectivity index (χ2n) is 5.81. The van der Waals surface area contributed by atoms with E-state index in [1.807, 2.05) is 6.07 Å². The Bertz CT molecular complexity index is 836. The molecule has 0 radical (unpaired) electrons. The second kappa shape index (κ2) is 7.69. The van der Waals surface area contributed by atoms with E-state index in [0.29, 0.717) is 35.8 Å². The summed E-state index contributed by atoms with van der Waals surface area (Å²) in [7, 11) is 1.49. The Kier molecular flexibility index (Phi) is 5.17. The summed E-state index contributed by atoms with van der Waals surface area (Å²) < 4.78 is 5.34. The molecule has 1 saturated heterocycles. The maximum absolute atomic E-state index is 12.1. The summed E-state index contributed by atoms with van der Waals surface area (Å²) in [5.41, 5.74) is 1.60. The molecule has 0 saturated carbocycles. The number of para-hydroxylation sites is 1. The van der Waals surface area contributed by atoms with Crippen molar-refractivity contribution in [2.24, 2.45) is 0 Å². The van der Waals surface area contributed by atoms with E-state index < -0.39 is 11.8 Å². The third-order valence-corrected chi connectivity index (χ3v) is 4.04. The molecule has 1 aliphatic rings. The van der Waals surface area contributed by atoms with Crippen LogP contribution >= 0.6 is 0 Å². The fraction of sp³-hybridized carbons (Fsp3) is 0.211. The SMILES string of the molecule is COc1cc(NC(=O)C(=O)Nc2ccccc2)ccc1N1CCCC1=O. The van der Waals surface area contributed by atoms with Crippen LogP contribution in [0.15, 0.2) is 48.5 Å². The lowest BCUT2D eigenvalue weighted by molar-refractivity contribution is -0.132. The molecule has 7 nitrogen and oxygen atoms in total. The number of methoxy groups -OCH3 is 1. The zero-order valence-corrected chi connectivity index (χ0v) is 14.3. The minimum Gasteiger partial charge on any atom is -0.494 e. The molecule has 3 amide bonds. The highest BCUT2D eigenvalue weighted by Gasteiger charge is 2.25. The van der Waals surface area contributed by atoms with Crippen molar-refractivity contribution in [3.63, 3.8) is 0 Å². The maximum atomic E-state index is 12.1. The van der Waals surface area contributed by atoms with Crippen molar-refractivity contribution in [2.75, 3.05) is 29.2 Å². The molecule has 1 heterocycles. The first-order valence-corrected chi connectivity index (χ1v) is 8.24. The zero-order valence-electron chi connectivity index (χ0n) is 14.3. The van der Waals surface area contributed by atoms with Gasteiger partial charge >= 0.3 is 11.8 Å². The Labute approximate surface area is 150 Å². The molecule has 0 bridgehead atoms. The van der Waals surface area contributed by atoms with Gasteiger partial charge in [-0.3, -0.25) is 14.4 Å². The number of hydrogen-bond acceptors (Lipinski definition) is 4. The van der Waals surface area contributed by atoms with Crippen molar-refractivity contribution >= 4 is 34.8 Å². The van der Waals surface area contributed by atoms with E-state index in [9.17, 15) is 14.4 Å². The molecule has 0 atom stereocenters. The van der Waals surface area contributed by atoms with Crippen LogP contribution in [0.5, 0.6) is 5.75 Å². The van der Waals surface area contributed by atoms with Crippen molar-refractivity contribution < 1.29 is 19.1 Å². The lowest BCUT2D eigenvalue weighted by Crippen LogP contribution is -2.29. The summed E-state index contributed by atoms with van der Waals surface area (Å²) in [4.78, 5) is 37.6. The number of anilines is 3. The third kappa shape index (κ3) is 3.83. The standard InChI is InChI=1S/C19H19N3O4/c1-26-16-12-14(9-10-15(16)22-11-5-8-17(22)23)21-19(25)18(24)20-13-6-3-2-4-7-13/h2-4,6-7,9-10,12H,5,8,11H2,1H3,(H,20,24)(H,21,25). The minimum atomic E-state index is -0.791. The van der Waals surface area contributed by atoms with Crippen LogP contribution in [-0.4, -0.2) is 31.4 Å². The summed E-state index contributed by atoms with van der Waals surface area (Å²) in [6, 6.07) is 13.6. The number of ether oxygens (including phenoxy) is 1. The number of carbonyl (C=O) groups excluding carboxylic acids is 3. The van der Waals surface area contributed by atoms with Crippen LogP contribution in [0, 0.1) is 0 Å². The van der Waals surface area contributed by atoms with E-state index >= 15 is 0 Å². The molecule has 26 heavy (non-hydrogen) atoms. The Morgan fingerprint density at radius 1 is 1.00 bits per heavy atom. The average molecular weight is 353 g/mol. The van der Waals surface area contributed by atoms with Crippen molar-refractivity contribution in [3.8, 4) is 5.75 Å². The van der Waals surface area contributed by atoms with Gasteiger partial charge in [0.05, 0.1) is 12.8 Å². The molecule has 0 aliphatic carbocycles. The average Bonchev–Trinajstić information content (AvgIpc) is 3.08. The van der Waals surface area contributed by atoms with Gasteiger partial charge in [0.15, 0.2) is 0 Å². The van der Waals surface area contributed by atoms with E-state index in [4.69, 9.17) is 4.74 Å². The smallest absolute Gasteiger partial charge is 0.314 e. The van der Waals surface area contributed by atoms with Gasteiger partial charge in [-0.25, -0.2) is 0 Å². The van der Waals surface area contributed by atoms with Gasteiger partial charge in [0.1, 0.15) is 5.75 Å². The van der Waals surface area contributed by atoms with E-state index in [2.05, 4.69) is 10.6 Å². The van der Waals surface area contributed by atoms with Gasteiger partial charge < -0.3 is 20.3 Å². The van der Waals surface area contributed by atoms with E-state index in [-0.39, 0.29) is 5.91 Å². The van der Waals surface area contributed by atoms with Crippen molar-refractivity contribution in [2.45, 2.75) is 12.8 Å². The molecule has 0 aromatic heterocycles. The van der Waals surface area contributed by atoms with Crippen LogP contribution < -0.4 is 20.3 Å². The topological polar surface area (TPSA) is 87.7 Å². The first kappa shape index (κ1) is 17.5. The van der Waals surface area contributed by atoms with Crippen molar-refractivity contribution in [3.05, 3.63) is 48.5 Å². The van der Waals surface area contributed by atoms with Crippen LogP contribution in [0.25, 0.3) is 0 Å². The van der Waals surface area contributed by atoms with Gasteiger partial charge in [-0.2, -0.15) is 0 Å². The predicted octanol–water partition coefficient (Wildman–Crippen LogP) is 2.40. The van der Waals surface area contributed by atoms with Gasteiger partial charge in [0, 0.05) is 30.4 Å². The van der Waals surface area contributed by atoms with Crippen molar-refractivity contribution in [1.29, 1.82) is 0 Å². The number of carbonyl (C=O) groups is 3. The number of rotatable bonds is 4. The largest absolute Gasteiger partial charge is 0.494 e. The predicted molar refractivity (Wildman–Crippen MR) is 98.3 cm³/mol. The van der Waals surface area contributed by atoms with Gasteiger partial charge in [-0.05, 0) is 30.7 Å². The number of nitrogens with zero attached hydrogens (tertiary/aromatic N) is 1. The summed E-state index contributed by atoms with van der Waals surface area (Å²) in [6.07, 6.45) is 1.32. The molecular weight excluding hydrogens is 334 g/mol. The minimum absolute atomic E-state index is 0.0438. The molecular formula is C19H19N3O4.